The minimum atomic E-state index is 0.766. The highest BCUT2D eigenvalue weighted by Gasteiger charge is 2.00. The molecule has 5 heteroatoms. The first kappa shape index (κ1) is 12.7. The van der Waals surface area contributed by atoms with E-state index >= 15 is 0 Å². The number of hydrogen-bond donors (Lipinski definition) is 1. The van der Waals surface area contributed by atoms with Crippen molar-refractivity contribution in [2.24, 2.45) is 0 Å². The fourth-order valence-corrected chi connectivity index (χ4v) is 3.30. The molecule has 0 aliphatic rings. The SMILES string of the molecule is Cc1csc(SCCNc2ccccc2Cl)n1. The van der Waals surface area contributed by atoms with Gasteiger partial charge in [0, 0.05) is 23.4 Å². The van der Waals surface area contributed by atoms with Gasteiger partial charge in [0.15, 0.2) is 0 Å². The first-order valence-corrected chi connectivity index (χ1v) is 7.53. The van der Waals surface area contributed by atoms with Crippen molar-refractivity contribution in [3.63, 3.8) is 0 Å². The molecule has 0 amide bonds. The van der Waals surface area contributed by atoms with Gasteiger partial charge >= 0.3 is 0 Å². The monoisotopic (exact) mass is 284 g/mol. The van der Waals surface area contributed by atoms with Gasteiger partial charge in [-0.2, -0.15) is 0 Å². The number of nitrogens with one attached hydrogen (secondary N) is 1. The Morgan fingerprint density at radius 3 is 2.94 bits per heavy atom. The summed E-state index contributed by atoms with van der Waals surface area (Å²) in [4.78, 5) is 4.40. The van der Waals surface area contributed by atoms with Gasteiger partial charge in [-0.05, 0) is 19.1 Å². The van der Waals surface area contributed by atoms with Crippen LogP contribution in [0.3, 0.4) is 0 Å². The first-order valence-electron chi connectivity index (χ1n) is 5.29. The van der Waals surface area contributed by atoms with E-state index < -0.39 is 0 Å². The predicted octanol–water partition coefficient (Wildman–Crippen LogP) is 4.31. The zero-order valence-corrected chi connectivity index (χ0v) is 11.8. The fraction of sp³-hybridized carbons (Fsp3) is 0.250. The molecule has 17 heavy (non-hydrogen) atoms. The Bertz CT molecular complexity index is 485. The van der Waals surface area contributed by atoms with Crippen LogP contribution in [0.4, 0.5) is 5.69 Å². The molecule has 2 rings (SSSR count). The number of thiazole rings is 1. The highest BCUT2D eigenvalue weighted by Crippen LogP contribution is 2.23. The van der Waals surface area contributed by atoms with Gasteiger partial charge in [0.2, 0.25) is 0 Å². The van der Waals surface area contributed by atoms with E-state index in [1.165, 1.54) is 0 Å². The maximum Gasteiger partial charge on any atom is 0.150 e. The lowest BCUT2D eigenvalue weighted by atomic mass is 10.3. The van der Waals surface area contributed by atoms with Gasteiger partial charge in [0.05, 0.1) is 10.7 Å². The molecule has 2 aromatic rings. The van der Waals surface area contributed by atoms with Gasteiger partial charge < -0.3 is 5.32 Å². The van der Waals surface area contributed by atoms with Crippen LogP contribution in [0, 0.1) is 6.92 Å². The molecule has 2 nitrogen and oxygen atoms in total. The Balaban J connectivity index is 1.75. The van der Waals surface area contributed by atoms with Crippen molar-refractivity contribution in [2.45, 2.75) is 11.3 Å². The number of halogens is 1. The van der Waals surface area contributed by atoms with Crippen molar-refractivity contribution in [3.8, 4) is 0 Å². The number of aromatic nitrogens is 1. The van der Waals surface area contributed by atoms with E-state index in [0.717, 1.165) is 33.0 Å². The number of rotatable bonds is 5. The van der Waals surface area contributed by atoms with Crippen LogP contribution >= 0.6 is 34.7 Å². The number of anilines is 1. The molecule has 0 saturated heterocycles. The second kappa shape index (κ2) is 6.28. The van der Waals surface area contributed by atoms with E-state index in [-0.39, 0.29) is 0 Å². The van der Waals surface area contributed by atoms with Crippen molar-refractivity contribution in [3.05, 3.63) is 40.4 Å². The fourth-order valence-electron chi connectivity index (χ4n) is 1.33. The minimum absolute atomic E-state index is 0.766. The molecule has 90 valence electrons. The quantitative estimate of drug-likeness (QED) is 0.654. The third-order valence-corrected chi connectivity index (χ3v) is 4.59. The molecule has 0 radical (unpaired) electrons. The van der Waals surface area contributed by atoms with Crippen LogP contribution in [0.15, 0.2) is 34.0 Å². The molecule has 0 aliphatic carbocycles. The maximum atomic E-state index is 6.04. The molecule has 0 spiro atoms. The summed E-state index contributed by atoms with van der Waals surface area (Å²) in [7, 11) is 0. The van der Waals surface area contributed by atoms with Crippen LogP contribution < -0.4 is 5.32 Å². The van der Waals surface area contributed by atoms with E-state index in [1.807, 2.05) is 31.2 Å². The number of para-hydroxylation sites is 1. The Kier molecular flexibility index (Phi) is 4.71. The van der Waals surface area contributed by atoms with Crippen molar-refractivity contribution in [1.82, 2.24) is 4.98 Å². The van der Waals surface area contributed by atoms with E-state index in [2.05, 4.69) is 15.7 Å². The van der Waals surface area contributed by atoms with Crippen molar-refractivity contribution < 1.29 is 0 Å². The summed E-state index contributed by atoms with van der Waals surface area (Å²) in [6.45, 7) is 2.90. The Morgan fingerprint density at radius 2 is 2.24 bits per heavy atom. The molecule has 0 bridgehead atoms. The first-order chi connectivity index (χ1) is 8.25. The molecule has 1 heterocycles. The number of aryl methyl sites for hydroxylation is 1. The molecule has 0 atom stereocenters. The minimum Gasteiger partial charge on any atom is -0.383 e. The van der Waals surface area contributed by atoms with Gasteiger partial charge in [0.25, 0.3) is 0 Å². The topological polar surface area (TPSA) is 24.9 Å². The maximum absolute atomic E-state index is 6.04. The summed E-state index contributed by atoms with van der Waals surface area (Å²) >= 11 is 9.51. The number of nitrogens with zero attached hydrogens (tertiary/aromatic N) is 1. The van der Waals surface area contributed by atoms with Crippen LogP contribution in [0.1, 0.15) is 5.69 Å². The molecule has 1 N–H and O–H groups in total. The predicted molar refractivity (Wildman–Crippen MR) is 77.5 cm³/mol. The third kappa shape index (κ3) is 3.91. The lowest BCUT2D eigenvalue weighted by molar-refractivity contribution is 1.15. The molecule has 1 aromatic heterocycles. The molecule has 0 unspecified atom stereocenters. The van der Waals surface area contributed by atoms with Gasteiger partial charge in [-0.25, -0.2) is 4.98 Å². The van der Waals surface area contributed by atoms with E-state index in [9.17, 15) is 0 Å². The summed E-state index contributed by atoms with van der Waals surface area (Å²) in [5, 5.41) is 6.15. The van der Waals surface area contributed by atoms with Crippen LogP contribution in [0.2, 0.25) is 5.02 Å². The molecule has 1 aromatic carbocycles. The molecular formula is C12H13ClN2S2. The Labute approximate surface area is 114 Å². The van der Waals surface area contributed by atoms with Crippen LogP contribution in [0.25, 0.3) is 0 Å². The molecule has 0 aliphatic heterocycles. The molecule has 0 saturated carbocycles. The summed E-state index contributed by atoms with van der Waals surface area (Å²) in [5.74, 6) is 0.984. The lowest BCUT2D eigenvalue weighted by Crippen LogP contribution is -2.04. The largest absolute Gasteiger partial charge is 0.383 e. The second-order valence-corrected chi connectivity index (χ2v) is 6.12. The van der Waals surface area contributed by atoms with E-state index in [4.69, 9.17) is 11.6 Å². The number of thioether (sulfide) groups is 1. The summed E-state index contributed by atoms with van der Waals surface area (Å²) in [6, 6.07) is 7.79. The lowest BCUT2D eigenvalue weighted by Gasteiger charge is -2.06. The highest BCUT2D eigenvalue weighted by atomic mass is 35.5. The Morgan fingerprint density at radius 1 is 1.41 bits per heavy atom. The van der Waals surface area contributed by atoms with Gasteiger partial charge in [-0.3, -0.25) is 0 Å². The van der Waals surface area contributed by atoms with E-state index in [1.54, 1.807) is 23.1 Å². The zero-order valence-electron chi connectivity index (χ0n) is 9.44. The van der Waals surface area contributed by atoms with Crippen molar-refractivity contribution in [2.75, 3.05) is 17.6 Å². The van der Waals surface area contributed by atoms with Crippen LogP contribution in [-0.2, 0) is 0 Å². The Hall–Kier alpha value is -0.710. The van der Waals surface area contributed by atoms with Gasteiger partial charge in [-0.15, -0.1) is 11.3 Å². The van der Waals surface area contributed by atoms with Crippen LogP contribution in [-0.4, -0.2) is 17.3 Å². The van der Waals surface area contributed by atoms with Crippen molar-refractivity contribution >= 4 is 40.4 Å². The number of benzene rings is 1. The third-order valence-electron chi connectivity index (χ3n) is 2.11. The number of hydrogen-bond acceptors (Lipinski definition) is 4. The summed E-state index contributed by atoms with van der Waals surface area (Å²) in [6.07, 6.45) is 0. The molecular weight excluding hydrogens is 272 g/mol. The van der Waals surface area contributed by atoms with E-state index in [0.29, 0.717) is 0 Å². The zero-order chi connectivity index (χ0) is 12.1. The average Bonchev–Trinajstić information content (AvgIpc) is 2.73. The highest BCUT2D eigenvalue weighted by molar-refractivity contribution is 8.01. The second-order valence-electron chi connectivity index (χ2n) is 3.51. The normalized spacial score (nSPS) is 10.5. The molecule has 0 fully saturated rings. The smallest absolute Gasteiger partial charge is 0.150 e. The summed E-state index contributed by atoms with van der Waals surface area (Å²) < 4.78 is 1.13. The van der Waals surface area contributed by atoms with Crippen LogP contribution in [0.5, 0.6) is 0 Å². The van der Waals surface area contributed by atoms with Gasteiger partial charge in [0.1, 0.15) is 4.34 Å². The van der Waals surface area contributed by atoms with Gasteiger partial charge in [-0.1, -0.05) is 35.5 Å². The summed E-state index contributed by atoms with van der Waals surface area (Å²) in [5.41, 5.74) is 2.08. The average molecular weight is 285 g/mol. The van der Waals surface area contributed by atoms with Crippen molar-refractivity contribution in [1.29, 1.82) is 0 Å². The standard InChI is InChI=1S/C12H13ClN2S2/c1-9-8-17-12(15-9)16-7-6-14-11-5-3-2-4-10(11)13/h2-5,8,14H,6-7H2,1H3.